The van der Waals surface area contributed by atoms with Crippen molar-refractivity contribution in [3.8, 4) is 0 Å². The number of hydrogen-bond donors (Lipinski definition) is 1. The zero-order valence-corrected chi connectivity index (χ0v) is 8.72. The summed E-state index contributed by atoms with van der Waals surface area (Å²) < 4.78 is 13.7. The van der Waals surface area contributed by atoms with Crippen molar-refractivity contribution >= 4 is 15.9 Å². The van der Waals surface area contributed by atoms with E-state index in [0.717, 1.165) is 12.0 Å². The average molecular weight is 244 g/mol. The van der Waals surface area contributed by atoms with Gasteiger partial charge in [0.1, 0.15) is 5.82 Å². The van der Waals surface area contributed by atoms with Gasteiger partial charge in [-0.2, -0.15) is 0 Å². The van der Waals surface area contributed by atoms with E-state index < -0.39 is 0 Å². The highest BCUT2D eigenvalue weighted by atomic mass is 79.9. The van der Waals surface area contributed by atoms with Crippen LogP contribution in [0.1, 0.15) is 17.9 Å². The molecular formula is C10H11BrFN. The standard InChI is InChI=1S/C10H11BrFN/c11-10-7(2-1-3-9(10)12)8-4-6(8)5-13/h1-3,6,8H,4-5,13H2/t6-,8+/m0/s1. The van der Waals surface area contributed by atoms with Crippen LogP contribution in [0.3, 0.4) is 0 Å². The fourth-order valence-corrected chi connectivity index (χ4v) is 2.25. The van der Waals surface area contributed by atoms with Gasteiger partial charge in [-0.25, -0.2) is 4.39 Å². The first-order valence-corrected chi connectivity index (χ1v) is 5.17. The number of nitrogens with two attached hydrogens (primary N) is 1. The SMILES string of the molecule is NC[C@@H]1C[C@H]1c1cccc(F)c1Br. The number of rotatable bonds is 2. The van der Waals surface area contributed by atoms with E-state index in [1.807, 2.05) is 6.07 Å². The van der Waals surface area contributed by atoms with Crippen LogP contribution in [-0.2, 0) is 0 Å². The van der Waals surface area contributed by atoms with Crippen LogP contribution in [-0.4, -0.2) is 6.54 Å². The fourth-order valence-electron chi connectivity index (χ4n) is 1.70. The van der Waals surface area contributed by atoms with Gasteiger partial charge in [-0.3, -0.25) is 0 Å². The van der Waals surface area contributed by atoms with Crippen molar-refractivity contribution in [2.45, 2.75) is 12.3 Å². The minimum absolute atomic E-state index is 0.180. The molecule has 1 saturated carbocycles. The van der Waals surface area contributed by atoms with Gasteiger partial charge in [-0.1, -0.05) is 12.1 Å². The van der Waals surface area contributed by atoms with Gasteiger partial charge in [0.25, 0.3) is 0 Å². The van der Waals surface area contributed by atoms with Gasteiger partial charge in [0.05, 0.1) is 4.47 Å². The van der Waals surface area contributed by atoms with Crippen molar-refractivity contribution in [3.63, 3.8) is 0 Å². The van der Waals surface area contributed by atoms with Gasteiger partial charge in [0.2, 0.25) is 0 Å². The lowest BCUT2D eigenvalue weighted by Gasteiger charge is -2.03. The molecule has 2 atom stereocenters. The monoisotopic (exact) mass is 243 g/mol. The summed E-state index contributed by atoms with van der Waals surface area (Å²) in [6, 6.07) is 5.18. The van der Waals surface area contributed by atoms with Crippen LogP contribution < -0.4 is 5.73 Å². The number of halogens is 2. The van der Waals surface area contributed by atoms with Gasteiger partial charge in [-0.15, -0.1) is 0 Å². The molecule has 1 aromatic carbocycles. The van der Waals surface area contributed by atoms with Crippen LogP contribution >= 0.6 is 15.9 Å². The summed E-state index contributed by atoms with van der Waals surface area (Å²) in [5.74, 6) is 0.841. The van der Waals surface area contributed by atoms with Gasteiger partial charge in [-0.05, 0) is 52.4 Å². The molecule has 0 aromatic heterocycles. The van der Waals surface area contributed by atoms with Crippen LogP contribution in [0.15, 0.2) is 22.7 Å². The van der Waals surface area contributed by atoms with Crippen LogP contribution in [0.4, 0.5) is 4.39 Å². The Morgan fingerprint density at radius 3 is 2.92 bits per heavy atom. The highest BCUT2D eigenvalue weighted by Crippen LogP contribution is 2.49. The van der Waals surface area contributed by atoms with Crippen LogP contribution in [0, 0.1) is 11.7 Å². The predicted molar refractivity (Wildman–Crippen MR) is 54.0 cm³/mol. The second-order valence-corrected chi connectivity index (χ2v) is 4.27. The highest BCUT2D eigenvalue weighted by molar-refractivity contribution is 9.10. The molecule has 0 radical (unpaired) electrons. The van der Waals surface area contributed by atoms with Crippen molar-refractivity contribution in [2.75, 3.05) is 6.54 Å². The lowest BCUT2D eigenvalue weighted by atomic mass is 10.1. The molecular weight excluding hydrogens is 233 g/mol. The molecule has 0 bridgehead atoms. The van der Waals surface area contributed by atoms with Gasteiger partial charge in [0, 0.05) is 0 Å². The third-order valence-corrected chi connectivity index (χ3v) is 3.44. The Labute approximate surface area is 85.3 Å². The van der Waals surface area contributed by atoms with Crippen molar-refractivity contribution < 1.29 is 4.39 Å². The molecule has 0 unspecified atom stereocenters. The average Bonchev–Trinajstić information content (AvgIpc) is 2.89. The minimum Gasteiger partial charge on any atom is -0.330 e. The predicted octanol–water partition coefficient (Wildman–Crippen LogP) is 2.65. The fraction of sp³-hybridized carbons (Fsp3) is 0.400. The maximum Gasteiger partial charge on any atom is 0.137 e. The second kappa shape index (κ2) is 3.39. The van der Waals surface area contributed by atoms with Crippen molar-refractivity contribution in [1.82, 2.24) is 0 Å². The summed E-state index contributed by atoms with van der Waals surface area (Å²) in [6.07, 6.45) is 1.10. The molecule has 1 fully saturated rings. The third kappa shape index (κ3) is 1.63. The molecule has 13 heavy (non-hydrogen) atoms. The summed E-state index contributed by atoms with van der Waals surface area (Å²) in [5.41, 5.74) is 6.61. The molecule has 1 aliphatic carbocycles. The Morgan fingerprint density at radius 2 is 2.31 bits per heavy atom. The van der Waals surface area contributed by atoms with Crippen LogP contribution in [0.25, 0.3) is 0 Å². The lowest BCUT2D eigenvalue weighted by molar-refractivity contribution is 0.617. The molecule has 2 rings (SSSR count). The van der Waals surface area contributed by atoms with E-state index in [2.05, 4.69) is 15.9 Å². The van der Waals surface area contributed by atoms with E-state index in [1.54, 1.807) is 6.07 Å². The molecule has 0 amide bonds. The largest absolute Gasteiger partial charge is 0.330 e. The van der Waals surface area contributed by atoms with Crippen LogP contribution in [0.2, 0.25) is 0 Å². The Kier molecular flexibility index (Phi) is 2.39. The first-order valence-electron chi connectivity index (χ1n) is 4.38. The Balaban J connectivity index is 2.27. The Hall–Kier alpha value is -0.410. The molecule has 1 aromatic rings. The minimum atomic E-state index is -0.180. The number of benzene rings is 1. The molecule has 70 valence electrons. The summed E-state index contributed by atoms with van der Waals surface area (Å²) in [5, 5.41) is 0. The topological polar surface area (TPSA) is 26.0 Å². The van der Waals surface area contributed by atoms with E-state index in [9.17, 15) is 4.39 Å². The Morgan fingerprint density at radius 1 is 1.54 bits per heavy atom. The molecule has 0 saturated heterocycles. The van der Waals surface area contributed by atoms with Gasteiger partial charge >= 0.3 is 0 Å². The summed E-state index contributed by atoms with van der Waals surface area (Å²) in [6.45, 7) is 0.702. The van der Waals surface area contributed by atoms with Crippen molar-refractivity contribution in [3.05, 3.63) is 34.1 Å². The highest BCUT2D eigenvalue weighted by Gasteiger charge is 2.38. The third-order valence-electron chi connectivity index (χ3n) is 2.61. The van der Waals surface area contributed by atoms with E-state index >= 15 is 0 Å². The normalized spacial score (nSPS) is 26.1. The lowest BCUT2D eigenvalue weighted by Crippen LogP contribution is -2.02. The van der Waals surface area contributed by atoms with Crippen molar-refractivity contribution in [2.24, 2.45) is 11.7 Å². The van der Waals surface area contributed by atoms with Crippen molar-refractivity contribution in [1.29, 1.82) is 0 Å². The first-order chi connectivity index (χ1) is 6.24. The summed E-state index contributed by atoms with van der Waals surface area (Å²) >= 11 is 3.26. The quantitative estimate of drug-likeness (QED) is 0.850. The Bertz CT molecular complexity index is 327. The molecule has 1 aliphatic rings. The molecule has 1 nitrogen and oxygen atoms in total. The summed E-state index contributed by atoms with van der Waals surface area (Å²) in [4.78, 5) is 0. The molecule has 2 N–H and O–H groups in total. The maximum absolute atomic E-state index is 13.1. The number of hydrogen-bond acceptors (Lipinski definition) is 1. The molecule has 3 heteroatoms. The van der Waals surface area contributed by atoms with E-state index in [1.165, 1.54) is 6.07 Å². The van der Waals surface area contributed by atoms with E-state index in [4.69, 9.17) is 5.73 Å². The first kappa shape index (κ1) is 9.16. The van der Waals surface area contributed by atoms with Gasteiger partial charge in [0.15, 0.2) is 0 Å². The molecule has 0 heterocycles. The second-order valence-electron chi connectivity index (χ2n) is 3.48. The smallest absolute Gasteiger partial charge is 0.137 e. The van der Waals surface area contributed by atoms with E-state index in [-0.39, 0.29) is 5.82 Å². The molecule has 0 aliphatic heterocycles. The van der Waals surface area contributed by atoms with Gasteiger partial charge < -0.3 is 5.73 Å². The maximum atomic E-state index is 13.1. The summed E-state index contributed by atoms with van der Waals surface area (Å²) in [7, 11) is 0. The zero-order chi connectivity index (χ0) is 9.42. The zero-order valence-electron chi connectivity index (χ0n) is 7.13. The molecule has 0 spiro atoms. The van der Waals surface area contributed by atoms with E-state index in [0.29, 0.717) is 22.9 Å². The van der Waals surface area contributed by atoms with Crippen LogP contribution in [0.5, 0.6) is 0 Å².